The smallest absolute Gasteiger partial charge is 0.313 e. The molecule has 0 saturated carbocycles. The molecule has 2 aromatic carbocycles. The van der Waals surface area contributed by atoms with Gasteiger partial charge in [0.25, 0.3) is 0 Å². The van der Waals surface area contributed by atoms with Crippen molar-refractivity contribution in [2.75, 3.05) is 49.8 Å². The SMILES string of the molecule is CC(=O)Nc1ccc(NC(=O)C(=O)NC[C@H](c2ccc3c(c2)CCCN3C)N(C)C)cc1. The second kappa shape index (κ2) is 10.3. The molecule has 0 aliphatic carbocycles. The maximum atomic E-state index is 12.4. The summed E-state index contributed by atoms with van der Waals surface area (Å²) >= 11 is 0. The van der Waals surface area contributed by atoms with Crippen LogP contribution in [0.4, 0.5) is 17.1 Å². The zero-order chi connectivity index (χ0) is 23.3. The molecule has 0 fully saturated rings. The molecule has 3 amide bonds. The molecule has 3 N–H and O–H groups in total. The number of nitrogens with one attached hydrogen (secondary N) is 3. The highest BCUT2D eigenvalue weighted by Gasteiger charge is 2.21. The summed E-state index contributed by atoms with van der Waals surface area (Å²) in [4.78, 5) is 40.1. The van der Waals surface area contributed by atoms with Crippen molar-refractivity contribution in [2.45, 2.75) is 25.8 Å². The van der Waals surface area contributed by atoms with Crippen molar-refractivity contribution in [3.8, 4) is 0 Å². The van der Waals surface area contributed by atoms with E-state index in [-0.39, 0.29) is 11.9 Å². The molecule has 0 unspecified atom stereocenters. The Balaban J connectivity index is 1.60. The van der Waals surface area contributed by atoms with Crippen LogP contribution < -0.4 is 20.9 Å². The Hall–Kier alpha value is -3.39. The van der Waals surface area contributed by atoms with Crippen molar-refractivity contribution in [1.29, 1.82) is 0 Å². The summed E-state index contributed by atoms with van der Waals surface area (Å²) < 4.78 is 0. The fourth-order valence-electron chi connectivity index (χ4n) is 3.91. The van der Waals surface area contributed by atoms with Crippen LogP contribution >= 0.6 is 0 Å². The Labute approximate surface area is 189 Å². The van der Waals surface area contributed by atoms with E-state index >= 15 is 0 Å². The molecule has 8 heteroatoms. The molecule has 1 atom stereocenters. The minimum Gasteiger partial charge on any atom is -0.374 e. The first-order valence-corrected chi connectivity index (χ1v) is 10.7. The van der Waals surface area contributed by atoms with Gasteiger partial charge >= 0.3 is 11.8 Å². The Kier molecular flexibility index (Phi) is 7.48. The number of nitrogens with zero attached hydrogens (tertiary/aromatic N) is 2. The van der Waals surface area contributed by atoms with Gasteiger partial charge in [0.1, 0.15) is 0 Å². The maximum Gasteiger partial charge on any atom is 0.313 e. The van der Waals surface area contributed by atoms with Gasteiger partial charge in [0.05, 0.1) is 6.04 Å². The summed E-state index contributed by atoms with van der Waals surface area (Å²) in [5.74, 6) is -1.61. The lowest BCUT2D eigenvalue weighted by Gasteiger charge is -2.30. The van der Waals surface area contributed by atoms with Crippen molar-refractivity contribution >= 4 is 34.8 Å². The van der Waals surface area contributed by atoms with Crippen molar-refractivity contribution in [1.82, 2.24) is 10.2 Å². The molecular weight excluding hydrogens is 406 g/mol. The highest BCUT2D eigenvalue weighted by atomic mass is 16.2. The fourth-order valence-corrected chi connectivity index (χ4v) is 3.91. The number of benzene rings is 2. The van der Waals surface area contributed by atoms with Crippen LogP contribution in [0, 0.1) is 0 Å². The molecule has 1 aliphatic rings. The molecule has 170 valence electrons. The molecule has 3 rings (SSSR count). The number of anilines is 3. The molecule has 0 radical (unpaired) electrons. The molecule has 1 aliphatic heterocycles. The van der Waals surface area contributed by atoms with E-state index in [0.717, 1.165) is 24.9 Å². The lowest BCUT2D eigenvalue weighted by Crippen LogP contribution is -2.40. The second-order valence-electron chi connectivity index (χ2n) is 8.32. The van der Waals surface area contributed by atoms with Crippen molar-refractivity contribution in [3.63, 3.8) is 0 Å². The van der Waals surface area contributed by atoms with Crippen LogP contribution in [-0.4, -0.2) is 56.9 Å². The topological polar surface area (TPSA) is 93.8 Å². The first kappa shape index (κ1) is 23.3. The first-order valence-electron chi connectivity index (χ1n) is 10.7. The zero-order valence-corrected chi connectivity index (χ0v) is 19.1. The van der Waals surface area contributed by atoms with E-state index in [2.05, 4.69) is 46.1 Å². The van der Waals surface area contributed by atoms with E-state index in [9.17, 15) is 14.4 Å². The number of carbonyl (C=O) groups is 3. The minimum atomic E-state index is -0.734. The van der Waals surface area contributed by atoms with Gasteiger partial charge in [-0.05, 0) is 68.4 Å². The highest BCUT2D eigenvalue weighted by Crippen LogP contribution is 2.29. The van der Waals surface area contributed by atoms with Gasteiger partial charge in [-0.25, -0.2) is 0 Å². The van der Waals surface area contributed by atoms with Gasteiger partial charge in [-0.3, -0.25) is 14.4 Å². The molecule has 8 nitrogen and oxygen atoms in total. The van der Waals surface area contributed by atoms with Gasteiger partial charge in [0.2, 0.25) is 5.91 Å². The molecule has 0 aromatic heterocycles. The van der Waals surface area contributed by atoms with Gasteiger partial charge in [-0.1, -0.05) is 12.1 Å². The Bertz CT molecular complexity index is 988. The lowest BCUT2D eigenvalue weighted by atomic mass is 9.96. The van der Waals surface area contributed by atoms with E-state index in [4.69, 9.17) is 0 Å². The van der Waals surface area contributed by atoms with Crippen LogP contribution in [0.2, 0.25) is 0 Å². The van der Waals surface area contributed by atoms with Gasteiger partial charge in [0, 0.05) is 44.1 Å². The summed E-state index contributed by atoms with van der Waals surface area (Å²) in [7, 11) is 6.02. The Morgan fingerprint density at radius 2 is 1.66 bits per heavy atom. The van der Waals surface area contributed by atoms with Crippen LogP contribution in [-0.2, 0) is 20.8 Å². The predicted octanol–water partition coefficient (Wildman–Crippen LogP) is 2.38. The van der Waals surface area contributed by atoms with Gasteiger partial charge in [-0.2, -0.15) is 0 Å². The highest BCUT2D eigenvalue weighted by molar-refractivity contribution is 6.39. The fraction of sp³-hybridized carbons (Fsp3) is 0.375. The third kappa shape index (κ3) is 5.85. The number of hydrogen-bond donors (Lipinski definition) is 3. The summed E-state index contributed by atoms with van der Waals surface area (Å²) in [6, 6.07) is 13.0. The maximum absolute atomic E-state index is 12.4. The van der Waals surface area contributed by atoms with E-state index in [1.807, 2.05) is 19.0 Å². The average Bonchev–Trinajstić information content (AvgIpc) is 2.74. The minimum absolute atomic E-state index is 0.0544. The van der Waals surface area contributed by atoms with Crippen LogP contribution in [0.15, 0.2) is 42.5 Å². The quantitative estimate of drug-likeness (QED) is 0.604. The molecule has 2 aromatic rings. The standard InChI is InChI=1S/C24H31N5O3/c1-16(30)26-19-8-10-20(11-9-19)27-24(32)23(31)25-15-22(28(2)3)18-7-12-21-17(14-18)6-5-13-29(21)4/h7-12,14,22H,5-6,13,15H2,1-4H3,(H,25,31)(H,26,30)(H,27,32)/t22-/m1/s1. The predicted molar refractivity (Wildman–Crippen MR) is 127 cm³/mol. The summed E-state index contributed by atoms with van der Waals surface area (Å²) in [5.41, 5.74) is 4.77. The van der Waals surface area contributed by atoms with E-state index in [0.29, 0.717) is 17.9 Å². The van der Waals surface area contributed by atoms with Crippen molar-refractivity contribution in [2.24, 2.45) is 0 Å². The molecular formula is C24H31N5O3. The van der Waals surface area contributed by atoms with Crippen LogP contribution in [0.1, 0.15) is 30.5 Å². The van der Waals surface area contributed by atoms with Crippen molar-refractivity contribution in [3.05, 3.63) is 53.6 Å². The molecule has 1 heterocycles. The number of likely N-dealkylation sites (N-methyl/N-ethyl adjacent to an activating group) is 1. The van der Waals surface area contributed by atoms with Crippen LogP contribution in [0.3, 0.4) is 0 Å². The average molecular weight is 438 g/mol. The molecule has 0 saturated heterocycles. The van der Waals surface area contributed by atoms with Crippen molar-refractivity contribution < 1.29 is 14.4 Å². The van der Waals surface area contributed by atoms with Crippen LogP contribution in [0.25, 0.3) is 0 Å². The zero-order valence-electron chi connectivity index (χ0n) is 19.1. The number of amides is 3. The molecule has 32 heavy (non-hydrogen) atoms. The number of aryl methyl sites for hydroxylation is 1. The van der Waals surface area contributed by atoms with Gasteiger partial charge in [-0.15, -0.1) is 0 Å². The summed E-state index contributed by atoms with van der Waals surface area (Å²) in [6.45, 7) is 2.80. The Morgan fingerprint density at radius 1 is 1.00 bits per heavy atom. The summed E-state index contributed by atoms with van der Waals surface area (Å²) in [5, 5.41) is 7.98. The second-order valence-corrected chi connectivity index (χ2v) is 8.32. The Morgan fingerprint density at radius 3 is 2.28 bits per heavy atom. The van der Waals surface area contributed by atoms with Crippen LogP contribution in [0.5, 0.6) is 0 Å². The van der Waals surface area contributed by atoms with E-state index in [1.165, 1.54) is 18.2 Å². The van der Waals surface area contributed by atoms with Gasteiger partial charge < -0.3 is 25.8 Å². The lowest BCUT2D eigenvalue weighted by molar-refractivity contribution is -0.136. The number of rotatable bonds is 6. The first-order chi connectivity index (χ1) is 15.2. The van der Waals surface area contributed by atoms with Gasteiger partial charge in [0.15, 0.2) is 0 Å². The van der Waals surface area contributed by atoms with E-state index in [1.54, 1.807) is 24.3 Å². The number of hydrogen-bond acceptors (Lipinski definition) is 5. The monoisotopic (exact) mass is 437 g/mol. The largest absolute Gasteiger partial charge is 0.374 e. The third-order valence-corrected chi connectivity index (χ3v) is 5.59. The number of fused-ring (bicyclic) bond motifs is 1. The summed E-state index contributed by atoms with van der Waals surface area (Å²) in [6.07, 6.45) is 2.17. The molecule has 0 bridgehead atoms. The molecule has 0 spiro atoms. The third-order valence-electron chi connectivity index (χ3n) is 5.59. The normalized spacial score (nSPS) is 13.8. The number of carbonyl (C=O) groups excluding carboxylic acids is 3. The van der Waals surface area contributed by atoms with E-state index < -0.39 is 11.8 Å².